The molecule has 0 spiro atoms. The van der Waals surface area contributed by atoms with Crippen molar-refractivity contribution in [3.8, 4) is 0 Å². The Kier molecular flexibility index (Phi) is 6.42. The van der Waals surface area contributed by atoms with Crippen molar-refractivity contribution in [2.24, 2.45) is 0 Å². The molecule has 0 aliphatic carbocycles. The van der Waals surface area contributed by atoms with Gasteiger partial charge in [0, 0.05) is 19.3 Å². The van der Waals surface area contributed by atoms with E-state index in [-0.39, 0.29) is 0 Å². The molecule has 2 aromatic heterocycles. The van der Waals surface area contributed by atoms with Gasteiger partial charge >= 0.3 is 5.97 Å². The molecule has 1 N–H and O–H groups in total. The molecular formula is C26H30NO4S2+. The summed E-state index contributed by atoms with van der Waals surface area (Å²) in [4.78, 5) is 14.7. The number of aliphatic hydroxyl groups is 1. The van der Waals surface area contributed by atoms with Gasteiger partial charge in [-0.2, -0.15) is 0 Å². The third kappa shape index (κ3) is 4.53. The van der Waals surface area contributed by atoms with Crippen molar-refractivity contribution >= 4 is 28.6 Å². The average molecular weight is 485 g/mol. The maximum absolute atomic E-state index is 13.5. The minimum absolute atomic E-state index is 0.468. The molecule has 0 unspecified atom stereocenters. The van der Waals surface area contributed by atoms with Crippen molar-refractivity contribution < 1.29 is 23.9 Å². The fraction of sp³-hybridized carbons (Fsp3) is 0.423. The van der Waals surface area contributed by atoms with Gasteiger partial charge in [0.2, 0.25) is 5.60 Å². The van der Waals surface area contributed by atoms with Crippen molar-refractivity contribution in [3.05, 3.63) is 80.7 Å². The van der Waals surface area contributed by atoms with E-state index >= 15 is 0 Å². The van der Waals surface area contributed by atoms with Crippen LogP contribution >= 0.6 is 22.7 Å². The van der Waals surface area contributed by atoms with Crippen LogP contribution in [0.15, 0.2) is 65.4 Å². The molecule has 0 saturated carbocycles. The molecule has 3 aromatic rings. The molecule has 3 aliphatic heterocycles. The summed E-state index contributed by atoms with van der Waals surface area (Å²) in [6, 6.07) is 17.6. The fourth-order valence-electron chi connectivity index (χ4n) is 5.11. The summed E-state index contributed by atoms with van der Waals surface area (Å²) >= 11 is 2.77. The molecule has 3 fully saturated rings. The number of carbonyl (C=O) groups is 1. The largest absolute Gasteiger partial charge is 0.456 e. The molecule has 0 radical (unpaired) electrons. The van der Waals surface area contributed by atoms with Crippen LogP contribution in [0.4, 0.5) is 0 Å². The number of carbonyl (C=O) groups excluding carboxylic acids is 1. The van der Waals surface area contributed by atoms with Gasteiger partial charge in [-0.25, -0.2) is 4.79 Å². The number of quaternary nitrogens is 1. The Morgan fingerprint density at radius 1 is 0.939 bits per heavy atom. The first-order chi connectivity index (χ1) is 16.0. The predicted octanol–water partition coefficient (Wildman–Crippen LogP) is 4.56. The predicted molar refractivity (Wildman–Crippen MR) is 130 cm³/mol. The third-order valence-corrected chi connectivity index (χ3v) is 9.26. The lowest BCUT2D eigenvalue weighted by atomic mass is 9.80. The van der Waals surface area contributed by atoms with Gasteiger partial charge in [-0.15, -0.1) is 22.7 Å². The summed E-state index contributed by atoms with van der Waals surface area (Å²) in [5.74, 6) is -0.541. The van der Waals surface area contributed by atoms with E-state index in [9.17, 15) is 9.90 Å². The Hall–Kier alpha value is -2.03. The monoisotopic (exact) mass is 484 g/mol. The standard InChI is InChI=1S/C26H30NO4S2/c28-24(26(29,22-8-4-18-32-22)23-9-5-19-33-23)31-25-10-13-27(14-11-25,15-12-25)16-17-30-20-21-6-2-1-3-7-21/h1-9,18-19,29H,10-17,20H2/q+1. The van der Waals surface area contributed by atoms with E-state index in [2.05, 4.69) is 12.1 Å². The van der Waals surface area contributed by atoms with Gasteiger partial charge in [-0.1, -0.05) is 42.5 Å². The Morgan fingerprint density at radius 3 is 2.09 bits per heavy atom. The van der Waals surface area contributed by atoms with Gasteiger partial charge in [0.15, 0.2) is 0 Å². The SMILES string of the molecule is O=C(OC12CC[N+](CCOCc3ccccc3)(CC1)CC2)C(O)(c1cccs1)c1cccs1. The van der Waals surface area contributed by atoms with E-state index < -0.39 is 17.2 Å². The van der Waals surface area contributed by atoms with Gasteiger partial charge in [0.25, 0.3) is 0 Å². The van der Waals surface area contributed by atoms with Gasteiger partial charge < -0.3 is 19.1 Å². The lowest BCUT2D eigenvalue weighted by Gasteiger charge is -2.54. The molecular weight excluding hydrogens is 454 g/mol. The van der Waals surface area contributed by atoms with Crippen molar-refractivity contribution in [1.82, 2.24) is 0 Å². The van der Waals surface area contributed by atoms with E-state index in [0.717, 1.165) is 56.5 Å². The summed E-state index contributed by atoms with van der Waals surface area (Å²) < 4.78 is 13.2. The molecule has 174 valence electrons. The number of thiophene rings is 2. The number of rotatable bonds is 9. The van der Waals surface area contributed by atoms with Crippen LogP contribution < -0.4 is 0 Å². The van der Waals surface area contributed by atoms with Crippen LogP contribution in [0.1, 0.15) is 34.6 Å². The van der Waals surface area contributed by atoms with Crippen molar-refractivity contribution in [1.29, 1.82) is 0 Å². The summed E-state index contributed by atoms with van der Waals surface area (Å²) in [5, 5.41) is 15.3. The normalized spacial score (nSPS) is 24.6. The van der Waals surface area contributed by atoms with E-state index in [1.807, 2.05) is 53.2 Å². The second-order valence-corrected chi connectivity index (χ2v) is 11.2. The first-order valence-electron chi connectivity index (χ1n) is 11.5. The first kappa shape index (κ1) is 22.7. The van der Waals surface area contributed by atoms with Gasteiger partial charge in [0.05, 0.1) is 42.6 Å². The molecule has 5 nitrogen and oxygen atoms in total. The highest BCUT2D eigenvalue weighted by atomic mass is 32.1. The van der Waals surface area contributed by atoms with Gasteiger partial charge in [-0.05, 0) is 28.5 Å². The Morgan fingerprint density at radius 2 is 1.55 bits per heavy atom. The molecule has 2 bridgehead atoms. The van der Waals surface area contributed by atoms with Crippen LogP contribution in [0.5, 0.6) is 0 Å². The van der Waals surface area contributed by atoms with E-state index in [1.165, 1.54) is 28.2 Å². The van der Waals surface area contributed by atoms with Gasteiger partial charge in [-0.3, -0.25) is 0 Å². The Balaban J connectivity index is 1.20. The van der Waals surface area contributed by atoms with E-state index in [0.29, 0.717) is 16.4 Å². The smallest absolute Gasteiger partial charge is 0.349 e. The molecule has 0 amide bonds. The quantitative estimate of drug-likeness (QED) is 0.275. The number of benzene rings is 1. The van der Waals surface area contributed by atoms with Crippen molar-refractivity contribution in [2.75, 3.05) is 32.8 Å². The highest BCUT2D eigenvalue weighted by molar-refractivity contribution is 7.12. The maximum Gasteiger partial charge on any atom is 0.349 e. The molecule has 7 heteroatoms. The average Bonchev–Trinajstić information content (AvgIpc) is 3.59. The minimum Gasteiger partial charge on any atom is -0.456 e. The van der Waals surface area contributed by atoms with E-state index in [1.54, 1.807) is 0 Å². The number of hydrogen-bond donors (Lipinski definition) is 1. The van der Waals surface area contributed by atoms with E-state index in [4.69, 9.17) is 9.47 Å². The zero-order valence-corrected chi connectivity index (χ0v) is 20.3. The second kappa shape index (κ2) is 9.31. The molecule has 1 aromatic carbocycles. The van der Waals surface area contributed by atoms with Crippen molar-refractivity contribution in [3.63, 3.8) is 0 Å². The topological polar surface area (TPSA) is 55.8 Å². The van der Waals surface area contributed by atoms with Crippen LogP contribution in [-0.4, -0.2) is 53.9 Å². The summed E-state index contributed by atoms with van der Waals surface area (Å²) in [7, 11) is 0. The maximum atomic E-state index is 13.5. The molecule has 0 atom stereocenters. The summed E-state index contributed by atoms with van der Waals surface area (Å²) in [6.45, 7) is 5.32. The van der Waals surface area contributed by atoms with Crippen LogP contribution in [0, 0.1) is 0 Å². The zero-order chi connectivity index (χ0) is 22.8. The summed E-state index contributed by atoms with van der Waals surface area (Å²) in [5.41, 5.74) is -1.00. The minimum atomic E-state index is -1.73. The third-order valence-electron chi connectivity index (χ3n) is 7.31. The molecule has 3 aliphatic rings. The molecule has 6 rings (SSSR count). The number of hydrogen-bond acceptors (Lipinski definition) is 6. The Bertz CT molecular complexity index is 991. The lowest BCUT2D eigenvalue weighted by Crippen LogP contribution is -2.66. The number of fused-ring (bicyclic) bond motifs is 3. The molecule has 5 heterocycles. The second-order valence-electron chi connectivity index (χ2n) is 9.26. The summed E-state index contributed by atoms with van der Waals surface area (Å²) in [6.07, 6.45) is 2.51. The number of ether oxygens (including phenoxy) is 2. The fourth-order valence-corrected chi connectivity index (χ4v) is 6.82. The Labute approximate surface area is 202 Å². The zero-order valence-electron chi connectivity index (χ0n) is 18.7. The van der Waals surface area contributed by atoms with Crippen LogP contribution in [-0.2, 0) is 26.5 Å². The lowest BCUT2D eigenvalue weighted by molar-refractivity contribution is -0.945. The number of nitrogens with zero attached hydrogens (tertiary/aromatic N) is 1. The van der Waals surface area contributed by atoms with Crippen molar-refractivity contribution in [2.45, 2.75) is 37.1 Å². The van der Waals surface area contributed by atoms with Crippen LogP contribution in [0.3, 0.4) is 0 Å². The number of esters is 1. The van der Waals surface area contributed by atoms with Gasteiger partial charge in [0.1, 0.15) is 12.1 Å². The van der Waals surface area contributed by atoms with Crippen LogP contribution in [0.25, 0.3) is 0 Å². The van der Waals surface area contributed by atoms with Crippen LogP contribution in [0.2, 0.25) is 0 Å². The highest BCUT2D eigenvalue weighted by Gasteiger charge is 2.54. The first-order valence-corrected chi connectivity index (χ1v) is 13.3. The number of piperidine rings is 3. The highest BCUT2D eigenvalue weighted by Crippen LogP contribution is 2.43. The molecule has 33 heavy (non-hydrogen) atoms. The molecule has 3 saturated heterocycles.